The molecule has 0 fully saturated rings. The molecule has 1 aliphatic carbocycles. The van der Waals surface area contributed by atoms with E-state index < -0.39 is 25.2 Å². The number of ketones is 1. The Balaban J connectivity index is 2.16. The molecule has 0 saturated carbocycles. The van der Waals surface area contributed by atoms with Crippen molar-refractivity contribution >= 4 is 28.1 Å². The van der Waals surface area contributed by atoms with Crippen molar-refractivity contribution < 1.29 is 32.6 Å². The minimum atomic E-state index is -3.60. The average Bonchev–Trinajstić information content (AvgIpc) is 3.12. The summed E-state index contributed by atoms with van der Waals surface area (Å²) in [5.41, 5.74) is 0.508. The summed E-state index contributed by atoms with van der Waals surface area (Å²) in [5.74, 6) is -4.97. The van der Waals surface area contributed by atoms with E-state index in [1.165, 1.54) is 29.6 Å². The van der Waals surface area contributed by atoms with Gasteiger partial charge in [-0.05, 0) is 37.6 Å². The molecule has 1 aromatic rings. The van der Waals surface area contributed by atoms with Crippen LogP contribution in [0, 0.1) is 5.92 Å². The van der Waals surface area contributed by atoms with Crippen LogP contribution < -0.4 is 10.6 Å². The summed E-state index contributed by atoms with van der Waals surface area (Å²) in [7, 11) is 0. The fourth-order valence-corrected chi connectivity index (χ4v) is 4.41. The highest BCUT2D eigenvalue weighted by Crippen LogP contribution is 2.31. The largest absolute Gasteiger partial charge is 0.488 e. The standard InChI is InChI=1S/C28H33F3N2O4S/c1-4-21(37-18-28(30,31)17-29)13-12-19(3)26(36)23-14-22(5-2)38-27(23)33-15-24(32-16-25(34)35)20-10-8-6-7-9-11-20/h4,6-14,20,24,32-33H,3,5,15-18H2,1-2H3,(H,34,35)/b13-12-,21-4+. The Morgan fingerprint density at radius 2 is 1.92 bits per heavy atom. The van der Waals surface area contributed by atoms with Crippen molar-refractivity contribution in [3.63, 3.8) is 0 Å². The molecule has 1 unspecified atom stereocenters. The van der Waals surface area contributed by atoms with E-state index in [9.17, 15) is 22.8 Å². The van der Waals surface area contributed by atoms with Crippen molar-refractivity contribution in [1.82, 2.24) is 5.32 Å². The van der Waals surface area contributed by atoms with Crippen LogP contribution in [0.4, 0.5) is 18.2 Å². The Kier molecular flexibility index (Phi) is 12.3. The first-order valence-electron chi connectivity index (χ1n) is 12.1. The maximum atomic E-state index is 13.2. The van der Waals surface area contributed by atoms with Gasteiger partial charge in [0.05, 0.1) is 17.1 Å². The van der Waals surface area contributed by atoms with Crippen molar-refractivity contribution in [3.05, 3.63) is 89.1 Å². The van der Waals surface area contributed by atoms with Crippen LogP contribution in [0.3, 0.4) is 0 Å². The lowest BCUT2D eigenvalue weighted by Crippen LogP contribution is -2.42. The SMILES string of the molecule is C=C(/C=C\C(=C/C)OCC(F)(F)CF)C(=O)c1cc(CC)sc1NCC(NCC(=O)O)C1C=CC=CC=C1. The van der Waals surface area contributed by atoms with E-state index in [0.717, 1.165) is 4.88 Å². The Hall–Kier alpha value is -3.37. The molecule has 0 aliphatic heterocycles. The number of aliphatic carboxylic acids is 1. The summed E-state index contributed by atoms with van der Waals surface area (Å²) in [6.45, 7) is 4.52. The number of Topliss-reactive ketones (excluding diaryl/α,β-unsaturated/α-hetero) is 1. The van der Waals surface area contributed by atoms with Crippen LogP contribution in [0.5, 0.6) is 0 Å². The molecule has 206 valence electrons. The second kappa shape index (κ2) is 15.1. The van der Waals surface area contributed by atoms with E-state index in [0.29, 0.717) is 23.5 Å². The summed E-state index contributed by atoms with van der Waals surface area (Å²) in [4.78, 5) is 25.4. The average molecular weight is 551 g/mol. The second-order valence-corrected chi connectivity index (χ2v) is 9.60. The molecule has 0 radical (unpaired) electrons. The zero-order valence-electron chi connectivity index (χ0n) is 21.4. The van der Waals surface area contributed by atoms with Crippen molar-refractivity contribution in [1.29, 1.82) is 0 Å². The number of alkyl halides is 3. The summed E-state index contributed by atoms with van der Waals surface area (Å²) < 4.78 is 43.6. The van der Waals surface area contributed by atoms with Gasteiger partial charge in [-0.3, -0.25) is 9.59 Å². The topological polar surface area (TPSA) is 87.7 Å². The molecule has 1 atom stereocenters. The molecule has 0 aromatic carbocycles. The monoisotopic (exact) mass is 550 g/mol. The maximum Gasteiger partial charge on any atom is 0.317 e. The van der Waals surface area contributed by atoms with Gasteiger partial charge in [0.15, 0.2) is 19.1 Å². The van der Waals surface area contributed by atoms with E-state index in [-0.39, 0.29) is 35.6 Å². The van der Waals surface area contributed by atoms with Gasteiger partial charge in [-0.2, -0.15) is 8.78 Å². The molecule has 0 bridgehead atoms. The summed E-state index contributed by atoms with van der Waals surface area (Å²) in [6, 6.07) is 1.51. The predicted molar refractivity (Wildman–Crippen MR) is 146 cm³/mol. The molecule has 3 N–H and O–H groups in total. The van der Waals surface area contributed by atoms with Crippen molar-refractivity contribution in [2.24, 2.45) is 5.92 Å². The van der Waals surface area contributed by atoms with Gasteiger partial charge in [0.1, 0.15) is 5.76 Å². The Morgan fingerprint density at radius 1 is 1.24 bits per heavy atom. The number of carbonyl (C=O) groups excluding carboxylic acids is 1. The molecule has 1 aromatic heterocycles. The number of nitrogens with one attached hydrogen (secondary N) is 2. The number of carbonyl (C=O) groups is 2. The van der Waals surface area contributed by atoms with Crippen molar-refractivity contribution in [2.75, 3.05) is 31.7 Å². The third-order valence-electron chi connectivity index (χ3n) is 5.51. The van der Waals surface area contributed by atoms with Crippen LogP contribution in [0.1, 0.15) is 29.1 Å². The summed E-state index contributed by atoms with van der Waals surface area (Å²) >= 11 is 1.42. The smallest absolute Gasteiger partial charge is 0.317 e. The fourth-order valence-electron chi connectivity index (χ4n) is 3.41. The van der Waals surface area contributed by atoms with E-state index in [1.54, 1.807) is 13.0 Å². The van der Waals surface area contributed by atoms with E-state index in [2.05, 4.69) is 17.2 Å². The normalized spacial score (nSPS) is 15.0. The Morgan fingerprint density at radius 3 is 2.50 bits per heavy atom. The van der Waals surface area contributed by atoms with Crippen molar-refractivity contribution in [2.45, 2.75) is 32.2 Å². The number of allylic oxidation sites excluding steroid dienone is 8. The molecule has 1 aliphatic rings. The Labute approximate surface area is 225 Å². The highest BCUT2D eigenvalue weighted by molar-refractivity contribution is 7.16. The van der Waals surface area contributed by atoms with E-state index >= 15 is 0 Å². The number of thiophene rings is 1. The van der Waals surface area contributed by atoms with Gasteiger partial charge in [-0.15, -0.1) is 11.3 Å². The van der Waals surface area contributed by atoms with Crippen LogP contribution in [-0.2, 0) is 16.0 Å². The van der Waals surface area contributed by atoms with Gasteiger partial charge in [0.25, 0.3) is 0 Å². The second-order valence-electron chi connectivity index (χ2n) is 8.46. The number of carboxylic acids is 1. The number of hydrogen-bond donors (Lipinski definition) is 3. The lowest BCUT2D eigenvalue weighted by Gasteiger charge is -2.24. The number of aryl methyl sites for hydroxylation is 1. The molecule has 1 heterocycles. The molecule has 38 heavy (non-hydrogen) atoms. The molecule has 10 heteroatoms. The number of rotatable bonds is 16. The van der Waals surface area contributed by atoms with Crippen LogP contribution in [0.25, 0.3) is 0 Å². The fraction of sp³-hybridized carbons (Fsp3) is 0.357. The first kappa shape index (κ1) is 30.9. The van der Waals surface area contributed by atoms with Crippen LogP contribution in [0.2, 0.25) is 0 Å². The highest BCUT2D eigenvalue weighted by atomic mass is 32.1. The number of ether oxygens (including phenoxy) is 1. The number of carboxylic acid groups (broad SMARTS) is 1. The van der Waals surface area contributed by atoms with Gasteiger partial charge >= 0.3 is 11.9 Å². The molecular formula is C28H33F3N2O4S. The highest BCUT2D eigenvalue weighted by Gasteiger charge is 2.30. The molecule has 6 nitrogen and oxygen atoms in total. The minimum Gasteiger partial charge on any atom is -0.488 e. The van der Waals surface area contributed by atoms with Gasteiger partial charge < -0.3 is 20.5 Å². The van der Waals surface area contributed by atoms with Gasteiger partial charge in [-0.25, -0.2) is 4.39 Å². The van der Waals surface area contributed by atoms with Gasteiger partial charge in [-0.1, -0.05) is 50.0 Å². The lowest BCUT2D eigenvalue weighted by molar-refractivity contribution is -0.136. The van der Waals surface area contributed by atoms with Crippen LogP contribution >= 0.6 is 11.3 Å². The lowest BCUT2D eigenvalue weighted by atomic mass is 9.98. The van der Waals surface area contributed by atoms with Crippen molar-refractivity contribution in [3.8, 4) is 0 Å². The Bertz CT molecular complexity index is 1120. The van der Waals surface area contributed by atoms with Crippen LogP contribution in [-0.4, -0.2) is 55.2 Å². The zero-order valence-corrected chi connectivity index (χ0v) is 22.2. The predicted octanol–water partition coefficient (Wildman–Crippen LogP) is 5.88. The van der Waals surface area contributed by atoms with E-state index in [4.69, 9.17) is 9.84 Å². The quantitative estimate of drug-likeness (QED) is 0.103. The third kappa shape index (κ3) is 9.83. The number of halogens is 3. The van der Waals surface area contributed by atoms with Crippen LogP contribution in [0.15, 0.2) is 78.7 Å². The first-order valence-corrected chi connectivity index (χ1v) is 12.9. The first-order chi connectivity index (χ1) is 18.1. The number of anilines is 1. The van der Waals surface area contributed by atoms with E-state index in [1.807, 2.05) is 43.4 Å². The third-order valence-corrected chi connectivity index (χ3v) is 6.75. The maximum absolute atomic E-state index is 13.2. The zero-order chi connectivity index (χ0) is 28.1. The molecule has 0 spiro atoms. The molecule has 0 amide bonds. The minimum absolute atomic E-state index is 0.0522. The molecule has 2 rings (SSSR count). The summed E-state index contributed by atoms with van der Waals surface area (Å²) in [6.07, 6.45) is 16.3. The van der Waals surface area contributed by atoms with Gasteiger partial charge in [0, 0.05) is 29.0 Å². The summed E-state index contributed by atoms with van der Waals surface area (Å²) in [5, 5.41) is 16.1. The van der Waals surface area contributed by atoms with Gasteiger partial charge in [0.2, 0.25) is 0 Å². The molecule has 0 saturated heterocycles. The number of hydrogen-bond acceptors (Lipinski definition) is 6. The molecular weight excluding hydrogens is 517 g/mol.